The normalized spacial score (nSPS) is 12.1. The van der Waals surface area contributed by atoms with Gasteiger partial charge in [0.05, 0.1) is 5.92 Å². The lowest BCUT2D eigenvalue weighted by molar-refractivity contribution is -0.122. The van der Waals surface area contributed by atoms with Crippen LogP contribution in [0.25, 0.3) is 10.8 Å². The lowest BCUT2D eigenvalue weighted by Crippen LogP contribution is -2.30. The number of hydrogen-bond acceptors (Lipinski definition) is 3. The molecule has 1 amide bonds. The topological polar surface area (TPSA) is 41.6 Å². The highest BCUT2D eigenvalue weighted by atomic mass is 16.5. The first kappa shape index (κ1) is 19.9. The molecule has 146 valence electrons. The van der Waals surface area contributed by atoms with Gasteiger partial charge in [-0.3, -0.25) is 4.79 Å². The number of benzene rings is 3. The van der Waals surface area contributed by atoms with Crippen LogP contribution >= 0.6 is 0 Å². The van der Waals surface area contributed by atoms with Gasteiger partial charge in [0.1, 0.15) is 11.5 Å². The van der Waals surface area contributed by atoms with Gasteiger partial charge >= 0.3 is 0 Å². The first-order valence-corrected chi connectivity index (χ1v) is 9.72. The predicted octanol–water partition coefficient (Wildman–Crippen LogP) is 4.80. The van der Waals surface area contributed by atoms with Gasteiger partial charge in [0.2, 0.25) is 5.91 Å². The smallest absolute Gasteiger partial charge is 0.227 e. The molecule has 0 aliphatic heterocycles. The Morgan fingerprint density at radius 1 is 1.00 bits per heavy atom. The summed E-state index contributed by atoms with van der Waals surface area (Å²) in [4.78, 5) is 14.5. The van der Waals surface area contributed by atoms with Gasteiger partial charge in [-0.05, 0) is 63.1 Å². The molecule has 0 aromatic heterocycles. The summed E-state index contributed by atoms with van der Waals surface area (Å²) in [6.45, 7) is 3.60. The molecular weight excluding hydrogens is 348 g/mol. The van der Waals surface area contributed by atoms with Crippen molar-refractivity contribution in [3.8, 4) is 11.5 Å². The fourth-order valence-corrected chi connectivity index (χ4v) is 3.15. The van der Waals surface area contributed by atoms with Gasteiger partial charge < -0.3 is 15.0 Å². The van der Waals surface area contributed by atoms with Crippen molar-refractivity contribution >= 4 is 16.7 Å². The molecule has 0 heterocycles. The number of fused-ring (bicyclic) bond motifs is 1. The number of nitrogens with one attached hydrogen (secondary N) is 1. The van der Waals surface area contributed by atoms with Crippen molar-refractivity contribution in [3.05, 3.63) is 72.3 Å². The van der Waals surface area contributed by atoms with Gasteiger partial charge in [0.25, 0.3) is 0 Å². The average molecular weight is 377 g/mol. The van der Waals surface area contributed by atoms with E-state index in [4.69, 9.17) is 4.74 Å². The third-order valence-corrected chi connectivity index (χ3v) is 4.83. The highest BCUT2D eigenvalue weighted by Crippen LogP contribution is 2.30. The summed E-state index contributed by atoms with van der Waals surface area (Å²) in [5.74, 6) is 1.46. The summed E-state index contributed by atoms with van der Waals surface area (Å²) >= 11 is 0. The van der Waals surface area contributed by atoms with Gasteiger partial charge in [-0.1, -0.05) is 48.5 Å². The van der Waals surface area contributed by atoms with Crippen molar-refractivity contribution in [1.82, 2.24) is 10.2 Å². The van der Waals surface area contributed by atoms with Gasteiger partial charge in [0, 0.05) is 11.9 Å². The number of carbonyl (C=O) groups is 1. The van der Waals surface area contributed by atoms with E-state index in [2.05, 4.69) is 28.4 Å². The lowest BCUT2D eigenvalue weighted by Gasteiger charge is -2.15. The van der Waals surface area contributed by atoms with E-state index in [-0.39, 0.29) is 11.8 Å². The fraction of sp³-hybridized carbons (Fsp3) is 0.292. The molecular formula is C24H28N2O2. The molecule has 0 radical (unpaired) electrons. The maximum atomic E-state index is 12.4. The van der Waals surface area contributed by atoms with Crippen LogP contribution in [0.4, 0.5) is 0 Å². The van der Waals surface area contributed by atoms with E-state index >= 15 is 0 Å². The molecule has 1 N–H and O–H groups in total. The first-order chi connectivity index (χ1) is 13.5. The Hall–Kier alpha value is -2.85. The fourth-order valence-electron chi connectivity index (χ4n) is 3.15. The molecule has 0 spiro atoms. The maximum Gasteiger partial charge on any atom is 0.227 e. The highest BCUT2D eigenvalue weighted by molar-refractivity contribution is 5.88. The Morgan fingerprint density at radius 3 is 2.46 bits per heavy atom. The summed E-state index contributed by atoms with van der Waals surface area (Å²) in [5, 5.41) is 5.25. The second-order valence-corrected chi connectivity index (χ2v) is 7.32. The Morgan fingerprint density at radius 2 is 1.71 bits per heavy atom. The minimum Gasteiger partial charge on any atom is -0.457 e. The molecule has 1 atom stereocenters. The molecule has 0 saturated heterocycles. The highest BCUT2D eigenvalue weighted by Gasteiger charge is 2.15. The van der Waals surface area contributed by atoms with Crippen LogP contribution in [0.3, 0.4) is 0 Å². The van der Waals surface area contributed by atoms with Crippen LogP contribution in [0.15, 0.2) is 66.7 Å². The Balaban J connectivity index is 1.62. The Labute approximate surface area is 167 Å². The van der Waals surface area contributed by atoms with Crippen molar-refractivity contribution in [2.75, 3.05) is 27.2 Å². The average Bonchev–Trinajstić information content (AvgIpc) is 2.71. The standard InChI is InChI=1S/C24H28N2O2/c1-18(24(27)25-16-7-17-26(2)3)19-12-14-21(15-13-19)28-23-11-6-9-20-8-4-5-10-22(20)23/h4-6,8-15,18H,7,16-17H2,1-3H3,(H,25,27). The Kier molecular flexibility index (Phi) is 6.66. The van der Waals surface area contributed by atoms with Crippen LogP contribution in [0.5, 0.6) is 11.5 Å². The number of rotatable bonds is 8. The van der Waals surface area contributed by atoms with Crippen LogP contribution in [0.2, 0.25) is 0 Å². The molecule has 4 heteroatoms. The maximum absolute atomic E-state index is 12.4. The minimum atomic E-state index is -0.189. The van der Waals surface area contributed by atoms with Crippen molar-refractivity contribution in [2.45, 2.75) is 19.3 Å². The van der Waals surface area contributed by atoms with Crippen LogP contribution in [-0.2, 0) is 4.79 Å². The summed E-state index contributed by atoms with van der Waals surface area (Å²) in [6, 6.07) is 22.0. The molecule has 0 saturated carbocycles. The van der Waals surface area contributed by atoms with Crippen LogP contribution < -0.4 is 10.1 Å². The Bertz CT molecular complexity index is 914. The third-order valence-electron chi connectivity index (χ3n) is 4.83. The summed E-state index contributed by atoms with van der Waals surface area (Å²) in [7, 11) is 4.07. The molecule has 0 fully saturated rings. The van der Waals surface area contributed by atoms with Gasteiger partial charge in [-0.15, -0.1) is 0 Å². The van der Waals surface area contributed by atoms with Crippen molar-refractivity contribution < 1.29 is 9.53 Å². The van der Waals surface area contributed by atoms with E-state index in [1.807, 2.05) is 69.6 Å². The summed E-state index contributed by atoms with van der Waals surface area (Å²) < 4.78 is 6.08. The molecule has 0 bridgehead atoms. The molecule has 0 aliphatic carbocycles. The second-order valence-electron chi connectivity index (χ2n) is 7.32. The molecule has 28 heavy (non-hydrogen) atoms. The number of amides is 1. The minimum absolute atomic E-state index is 0.0569. The quantitative estimate of drug-likeness (QED) is 0.574. The predicted molar refractivity (Wildman–Crippen MR) is 115 cm³/mol. The zero-order valence-electron chi connectivity index (χ0n) is 16.8. The van der Waals surface area contributed by atoms with Gasteiger partial charge in [0.15, 0.2) is 0 Å². The van der Waals surface area contributed by atoms with Crippen LogP contribution in [0, 0.1) is 0 Å². The number of hydrogen-bond donors (Lipinski definition) is 1. The van der Waals surface area contributed by atoms with Crippen LogP contribution in [0.1, 0.15) is 24.8 Å². The van der Waals surface area contributed by atoms with Gasteiger partial charge in [-0.25, -0.2) is 0 Å². The van der Waals surface area contributed by atoms with Crippen LogP contribution in [-0.4, -0.2) is 38.0 Å². The number of ether oxygens (including phenoxy) is 1. The van der Waals surface area contributed by atoms with E-state index in [9.17, 15) is 4.79 Å². The third kappa shape index (κ3) is 5.11. The summed E-state index contributed by atoms with van der Waals surface area (Å²) in [5.41, 5.74) is 0.982. The molecule has 1 unspecified atom stereocenters. The first-order valence-electron chi connectivity index (χ1n) is 9.72. The molecule has 3 aromatic rings. The molecule has 3 rings (SSSR count). The monoisotopic (exact) mass is 376 g/mol. The largest absolute Gasteiger partial charge is 0.457 e. The van der Waals surface area contributed by atoms with E-state index < -0.39 is 0 Å². The van der Waals surface area contributed by atoms with E-state index in [0.717, 1.165) is 40.8 Å². The van der Waals surface area contributed by atoms with E-state index in [1.54, 1.807) is 0 Å². The number of carbonyl (C=O) groups excluding carboxylic acids is 1. The van der Waals surface area contributed by atoms with Crippen molar-refractivity contribution in [3.63, 3.8) is 0 Å². The number of nitrogens with zero attached hydrogens (tertiary/aromatic N) is 1. The molecule has 3 aromatic carbocycles. The molecule has 0 aliphatic rings. The zero-order valence-corrected chi connectivity index (χ0v) is 16.8. The van der Waals surface area contributed by atoms with Crippen molar-refractivity contribution in [1.29, 1.82) is 0 Å². The lowest BCUT2D eigenvalue weighted by atomic mass is 10.0. The van der Waals surface area contributed by atoms with Crippen molar-refractivity contribution in [2.24, 2.45) is 0 Å². The van der Waals surface area contributed by atoms with E-state index in [1.165, 1.54) is 0 Å². The van der Waals surface area contributed by atoms with E-state index in [0.29, 0.717) is 6.54 Å². The molecule has 4 nitrogen and oxygen atoms in total. The van der Waals surface area contributed by atoms with Gasteiger partial charge in [-0.2, -0.15) is 0 Å². The SMILES string of the molecule is CC(C(=O)NCCCN(C)C)c1ccc(Oc2cccc3ccccc23)cc1. The second kappa shape index (κ2) is 9.38. The summed E-state index contributed by atoms with van der Waals surface area (Å²) in [6.07, 6.45) is 0.948. The zero-order chi connectivity index (χ0) is 19.9.